The van der Waals surface area contributed by atoms with Crippen molar-refractivity contribution >= 4 is 5.91 Å². The summed E-state index contributed by atoms with van der Waals surface area (Å²) in [4.78, 5) is 14.0. The van der Waals surface area contributed by atoms with E-state index in [0.29, 0.717) is 18.8 Å². The van der Waals surface area contributed by atoms with E-state index in [4.69, 9.17) is 4.74 Å². The molecule has 1 aromatic carbocycles. The number of aromatic nitrogens is 4. The molecule has 8 heteroatoms. The van der Waals surface area contributed by atoms with Gasteiger partial charge in [0, 0.05) is 25.1 Å². The first-order valence-electron chi connectivity index (χ1n) is 7.90. The van der Waals surface area contributed by atoms with E-state index in [1.165, 1.54) is 11.0 Å². The van der Waals surface area contributed by atoms with E-state index >= 15 is 0 Å². The highest BCUT2D eigenvalue weighted by Crippen LogP contribution is 2.27. The van der Waals surface area contributed by atoms with Crippen LogP contribution in [-0.2, 0) is 4.79 Å². The van der Waals surface area contributed by atoms with E-state index in [-0.39, 0.29) is 18.4 Å². The van der Waals surface area contributed by atoms with E-state index in [1.54, 1.807) is 30.9 Å². The Balaban J connectivity index is 1.56. The highest BCUT2D eigenvalue weighted by atomic mass is 16.5. The number of carbonyl (C=O) groups is 1. The average molecular weight is 331 g/mol. The minimum absolute atomic E-state index is 0.0301. The second-order valence-electron chi connectivity index (χ2n) is 6.52. The maximum absolute atomic E-state index is 12.3. The van der Waals surface area contributed by atoms with Gasteiger partial charge in [0.05, 0.1) is 11.3 Å². The van der Waals surface area contributed by atoms with Crippen molar-refractivity contribution in [1.29, 1.82) is 0 Å². The molecular weight excluding hydrogens is 310 g/mol. The molecule has 0 saturated carbocycles. The molecule has 2 aromatic rings. The molecule has 128 valence electrons. The summed E-state index contributed by atoms with van der Waals surface area (Å²) in [6.07, 6.45) is 2.30. The average Bonchev–Trinajstić information content (AvgIpc) is 3.23. The lowest BCUT2D eigenvalue weighted by atomic mass is 9.90. The van der Waals surface area contributed by atoms with Crippen LogP contribution >= 0.6 is 0 Å². The molecule has 1 aliphatic heterocycles. The van der Waals surface area contributed by atoms with Gasteiger partial charge in [-0.15, -0.1) is 5.10 Å². The number of carbonyl (C=O) groups excluding carboxylic acids is 1. The Bertz CT molecular complexity index is 696. The number of nitrogens with zero attached hydrogens (tertiary/aromatic N) is 5. The predicted molar refractivity (Wildman–Crippen MR) is 85.6 cm³/mol. The molecular formula is C16H21N5O3. The summed E-state index contributed by atoms with van der Waals surface area (Å²) in [5.41, 5.74) is -0.0102. The first kappa shape index (κ1) is 16.4. The van der Waals surface area contributed by atoms with Gasteiger partial charge >= 0.3 is 0 Å². The number of ether oxygens (including phenoxy) is 1. The summed E-state index contributed by atoms with van der Waals surface area (Å²) in [5, 5.41) is 21.1. The molecule has 2 heterocycles. The highest BCUT2D eigenvalue weighted by Gasteiger charge is 2.35. The van der Waals surface area contributed by atoms with Crippen molar-refractivity contribution in [2.24, 2.45) is 5.92 Å². The van der Waals surface area contributed by atoms with Crippen LogP contribution in [0.3, 0.4) is 0 Å². The molecule has 1 fully saturated rings. The molecule has 24 heavy (non-hydrogen) atoms. The summed E-state index contributed by atoms with van der Waals surface area (Å²) in [5.74, 6) is 0.605. The SMILES string of the molecule is CC(C)(O)[C@@H]1CCN(C(=O)COc2cccc(-n3cnnn3)c2)C1. The van der Waals surface area contributed by atoms with E-state index in [1.807, 2.05) is 12.1 Å². The fraction of sp³-hybridized carbons (Fsp3) is 0.500. The molecule has 1 atom stereocenters. The van der Waals surface area contributed by atoms with Gasteiger partial charge in [0.25, 0.3) is 5.91 Å². The van der Waals surface area contributed by atoms with Crippen LogP contribution in [0.4, 0.5) is 0 Å². The lowest BCUT2D eigenvalue weighted by molar-refractivity contribution is -0.132. The van der Waals surface area contributed by atoms with Crippen LogP contribution in [0, 0.1) is 5.92 Å². The van der Waals surface area contributed by atoms with Crippen molar-refractivity contribution in [3.05, 3.63) is 30.6 Å². The lowest BCUT2D eigenvalue weighted by Gasteiger charge is -2.25. The molecule has 1 saturated heterocycles. The summed E-state index contributed by atoms with van der Waals surface area (Å²) < 4.78 is 7.12. The van der Waals surface area contributed by atoms with Crippen LogP contribution in [0.15, 0.2) is 30.6 Å². The fourth-order valence-electron chi connectivity index (χ4n) is 2.80. The second-order valence-corrected chi connectivity index (χ2v) is 6.52. The Morgan fingerprint density at radius 3 is 2.96 bits per heavy atom. The molecule has 1 aromatic heterocycles. The van der Waals surface area contributed by atoms with Crippen molar-refractivity contribution in [3.8, 4) is 11.4 Å². The molecule has 0 unspecified atom stereocenters. The van der Waals surface area contributed by atoms with Gasteiger partial charge in [0.2, 0.25) is 0 Å². The van der Waals surface area contributed by atoms with Gasteiger partial charge in [-0.3, -0.25) is 4.79 Å². The molecule has 0 radical (unpaired) electrons. The van der Waals surface area contributed by atoms with Crippen LogP contribution in [0.2, 0.25) is 0 Å². The van der Waals surface area contributed by atoms with Crippen LogP contribution in [0.1, 0.15) is 20.3 Å². The Morgan fingerprint density at radius 2 is 2.29 bits per heavy atom. The normalized spacial score (nSPS) is 18.0. The van der Waals surface area contributed by atoms with Crippen LogP contribution < -0.4 is 4.74 Å². The van der Waals surface area contributed by atoms with Crippen molar-refractivity contribution in [2.45, 2.75) is 25.9 Å². The number of hydrogen-bond acceptors (Lipinski definition) is 6. The van der Waals surface area contributed by atoms with Crippen molar-refractivity contribution in [3.63, 3.8) is 0 Å². The second kappa shape index (κ2) is 6.56. The van der Waals surface area contributed by atoms with Crippen molar-refractivity contribution in [2.75, 3.05) is 19.7 Å². The zero-order chi connectivity index (χ0) is 17.2. The quantitative estimate of drug-likeness (QED) is 0.865. The largest absolute Gasteiger partial charge is 0.484 e. The van der Waals surface area contributed by atoms with Gasteiger partial charge in [-0.05, 0) is 42.8 Å². The van der Waals surface area contributed by atoms with Gasteiger partial charge in [-0.25, -0.2) is 4.68 Å². The van der Waals surface area contributed by atoms with E-state index in [2.05, 4.69) is 15.5 Å². The molecule has 3 rings (SSSR count). The number of benzene rings is 1. The zero-order valence-corrected chi connectivity index (χ0v) is 13.8. The number of tetrazole rings is 1. The van der Waals surface area contributed by atoms with Gasteiger partial charge in [-0.2, -0.15) is 0 Å². The highest BCUT2D eigenvalue weighted by molar-refractivity contribution is 5.78. The van der Waals surface area contributed by atoms with Crippen molar-refractivity contribution < 1.29 is 14.6 Å². The van der Waals surface area contributed by atoms with Gasteiger partial charge in [0.15, 0.2) is 6.61 Å². The zero-order valence-electron chi connectivity index (χ0n) is 13.8. The summed E-state index contributed by atoms with van der Waals surface area (Å²) >= 11 is 0. The van der Waals surface area contributed by atoms with Crippen LogP contribution in [-0.4, -0.2) is 61.4 Å². The third-order valence-electron chi connectivity index (χ3n) is 4.33. The minimum atomic E-state index is -0.768. The van der Waals surface area contributed by atoms with Gasteiger partial charge < -0.3 is 14.7 Å². The van der Waals surface area contributed by atoms with Crippen molar-refractivity contribution in [1.82, 2.24) is 25.1 Å². The van der Waals surface area contributed by atoms with E-state index < -0.39 is 5.60 Å². The van der Waals surface area contributed by atoms with E-state index in [0.717, 1.165) is 12.1 Å². The summed E-state index contributed by atoms with van der Waals surface area (Å²) in [6.45, 7) is 4.76. The number of amides is 1. The minimum Gasteiger partial charge on any atom is -0.484 e. The smallest absolute Gasteiger partial charge is 0.260 e. The molecule has 0 bridgehead atoms. The third-order valence-corrected chi connectivity index (χ3v) is 4.33. The third kappa shape index (κ3) is 3.70. The topological polar surface area (TPSA) is 93.4 Å². The molecule has 1 amide bonds. The monoisotopic (exact) mass is 331 g/mol. The standard InChI is InChI=1S/C16H21N5O3/c1-16(2,23)12-6-7-20(9-12)15(22)10-24-14-5-3-4-13(8-14)21-11-17-18-19-21/h3-5,8,11-12,23H,6-7,9-10H2,1-2H3/t12-/m1/s1. The maximum Gasteiger partial charge on any atom is 0.260 e. The number of aliphatic hydroxyl groups is 1. The Morgan fingerprint density at radius 1 is 1.46 bits per heavy atom. The Kier molecular flexibility index (Phi) is 4.48. The Hall–Kier alpha value is -2.48. The fourth-order valence-corrected chi connectivity index (χ4v) is 2.80. The first-order valence-corrected chi connectivity index (χ1v) is 7.90. The Labute approximate surface area is 140 Å². The molecule has 1 aliphatic rings. The van der Waals surface area contributed by atoms with Gasteiger partial charge in [-0.1, -0.05) is 6.07 Å². The lowest BCUT2D eigenvalue weighted by Crippen LogP contribution is -2.37. The van der Waals surface area contributed by atoms with Crippen LogP contribution in [0.25, 0.3) is 5.69 Å². The molecule has 0 spiro atoms. The van der Waals surface area contributed by atoms with Gasteiger partial charge in [0.1, 0.15) is 12.1 Å². The number of hydrogen-bond donors (Lipinski definition) is 1. The number of rotatable bonds is 5. The summed E-state index contributed by atoms with van der Waals surface area (Å²) in [6, 6.07) is 7.22. The molecule has 0 aliphatic carbocycles. The number of likely N-dealkylation sites (tertiary alicyclic amines) is 1. The van der Waals surface area contributed by atoms with E-state index in [9.17, 15) is 9.90 Å². The maximum atomic E-state index is 12.3. The predicted octanol–water partition coefficient (Wildman–Crippen LogP) is 0.660. The first-order chi connectivity index (χ1) is 11.4. The molecule has 1 N–H and O–H groups in total. The van der Waals surface area contributed by atoms with Crippen LogP contribution in [0.5, 0.6) is 5.75 Å². The summed E-state index contributed by atoms with van der Waals surface area (Å²) in [7, 11) is 0. The molecule has 8 nitrogen and oxygen atoms in total.